The lowest BCUT2D eigenvalue weighted by molar-refractivity contribution is 0.0951. The van der Waals surface area contributed by atoms with Crippen LogP contribution in [0.2, 0.25) is 0 Å². The van der Waals surface area contributed by atoms with Crippen LogP contribution in [0.4, 0.5) is 0 Å². The Morgan fingerprint density at radius 1 is 1.33 bits per heavy atom. The Labute approximate surface area is 131 Å². The third-order valence-corrected chi connectivity index (χ3v) is 3.65. The summed E-state index contributed by atoms with van der Waals surface area (Å²) >= 11 is 0. The Balaban J connectivity index is 0.00000220. The summed E-state index contributed by atoms with van der Waals surface area (Å²) in [7, 11) is 0. The van der Waals surface area contributed by atoms with Crippen LogP contribution in [0.15, 0.2) is 11.6 Å². The SMILES string of the molecule is CC(=O)c1c(C)[nH]c(C(=O)NCC2=CCNCC2)c1C.Cl. The van der Waals surface area contributed by atoms with Crippen molar-refractivity contribution in [3.8, 4) is 0 Å². The Kier molecular flexibility index (Phi) is 6.18. The summed E-state index contributed by atoms with van der Waals surface area (Å²) in [6.07, 6.45) is 3.07. The van der Waals surface area contributed by atoms with Gasteiger partial charge in [-0.3, -0.25) is 9.59 Å². The Hall–Kier alpha value is -1.59. The number of aromatic nitrogens is 1. The van der Waals surface area contributed by atoms with Crippen molar-refractivity contribution in [2.45, 2.75) is 27.2 Å². The lowest BCUT2D eigenvalue weighted by atomic mass is 10.1. The second kappa shape index (κ2) is 7.43. The molecule has 116 valence electrons. The molecule has 0 spiro atoms. The van der Waals surface area contributed by atoms with Gasteiger partial charge in [-0.2, -0.15) is 0 Å². The number of hydrogen-bond donors (Lipinski definition) is 3. The van der Waals surface area contributed by atoms with E-state index in [2.05, 4.69) is 21.7 Å². The van der Waals surface area contributed by atoms with Gasteiger partial charge < -0.3 is 15.6 Å². The summed E-state index contributed by atoms with van der Waals surface area (Å²) < 4.78 is 0. The molecule has 0 fully saturated rings. The third kappa shape index (κ3) is 3.95. The summed E-state index contributed by atoms with van der Waals surface area (Å²) in [5.74, 6) is -0.172. The van der Waals surface area contributed by atoms with Gasteiger partial charge in [0.15, 0.2) is 5.78 Å². The van der Waals surface area contributed by atoms with Crippen molar-refractivity contribution in [3.63, 3.8) is 0 Å². The standard InChI is InChI=1S/C15H21N3O2.ClH/c1-9-13(11(3)19)10(2)18-14(9)15(20)17-8-12-4-6-16-7-5-12;/h4,16,18H,5-8H2,1-3H3,(H,17,20);1H. The fraction of sp³-hybridized carbons (Fsp3) is 0.467. The molecule has 0 aromatic carbocycles. The topological polar surface area (TPSA) is 74.0 Å². The van der Waals surface area contributed by atoms with Crippen LogP contribution in [0.5, 0.6) is 0 Å². The molecule has 6 heteroatoms. The number of ketones is 1. The lowest BCUT2D eigenvalue weighted by Crippen LogP contribution is -2.30. The van der Waals surface area contributed by atoms with E-state index in [9.17, 15) is 9.59 Å². The number of rotatable bonds is 4. The minimum Gasteiger partial charge on any atom is -0.354 e. The zero-order chi connectivity index (χ0) is 14.7. The van der Waals surface area contributed by atoms with Crippen LogP contribution in [0.25, 0.3) is 0 Å². The summed E-state index contributed by atoms with van der Waals surface area (Å²) in [6.45, 7) is 7.52. The van der Waals surface area contributed by atoms with Gasteiger partial charge in [0.1, 0.15) is 5.69 Å². The van der Waals surface area contributed by atoms with Gasteiger partial charge >= 0.3 is 0 Å². The fourth-order valence-corrected chi connectivity index (χ4v) is 2.62. The summed E-state index contributed by atoms with van der Waals surface area (Å²) in [4.78, 5) is 26.8. The number of aryl methyl sites for hydroxylation is 1. The zero-order valence-corrected chi connectivity index (χ0v) is 13.4. The Morgan fingerprint density at radius 2 is 2.05 bits per heavy atom. The highest BCUT2D eigenvalue weighted by Gasteiger charge is 2.19. The second-order valence-electron chi connectivity index (χ2n) is 5.18. The van der Waals surface area contributed by atoms with E-state index in [0.717, 1.165) is 30.8 Å². The fourth-order valence-electron chi connectivity index (χ4n) is 2.62. The van der Waals surface area contributed by atoms with Crippen molar-refractivity contribution >= 4 is 24.1 Å². The molecule has 0 saturated carbocycles. The van der Waals surface area contributed by atoms with Gasteiger partial charge in [0.2, 0.25) is 0 Å². The van der Waals surface area contributed by atoms with Crippen molar-refractivity contribution in [3.05, 3.63) is 34.2 Å². The number of carbonyl (C=O) groups excluding carboxylic acids is 2. The number of nitrogens with one attached hydrogen (secondary N) is 3. The Morgan fingerprint density at radius 3 is 2.57 bits per heavy atom. The number of aromatic amines is 1. The van der Waals surface area contributed by atoms with Crippen molar-refractivity contribution in [2.75, 3.05) is 19.6 Å². The van der Waals surface area contributed by atoms with Crippen LogP contribution >= 0.6 is 12.4 Å². The highest BCUT2D eigenvalue weighted by molar-refractivity contribution is 6.02. The van der Waals surface area contributed by atoms with Crippen molar-refractivity contribution in [2.24, 2.45) is 0 Å². The van der Waals surface area contributed by atoms with E-state index in [-0.39, 0.29) is 24.1 Å². The number of amides is 1. The smallest absolute Gasteiger partial charge is 0.268 e. The highest BCUT2D eigenvalue weighted by atomic mass is 35.5. The molecule has 0 unspecified atom stereocenters. The molecule has 5 nitrogen and oxygen atoms in total. The molecule has 0 bridgehead atoms. The van der Waals surface area contributed by atoms with E-state index in [1.165, 1.54) is 12.5 Å². The average molecular weight is 312 g/mol. The molecule has 0 saturated heterocycles. The molecule has 0 radical (unpaired) electrons. The molecular formula is C15H22ClN3O2. The zero-order valence-electron chi connectivity index (χ0n) is 12.6. The van der Waals surface area contributed by atoms with Crippen LogP contribution in [0.3, 0.4) is 0 Å². The average Bonchev–Trinajstić information content (AvgIpc) is 2.72. The molecule has 1 aliphatic heterocycles. The van der Waals surface area contributed by atoms with E-state index >= 15 is 0 Å². The molecule has 2 rings (SSSR count). The molecule has 0 atom stereocenters. The van der Waals surface area contributed by atoms with E-state index in [4.69, 9.17) is 0 Å². The van der Waals surface area contributed by atoms with Gasteiger partial charge in [0, 0.05) is 24.3 Å². The molecule has 1 aliphatic rings. The maximum atomic E-state index is 12.2. The summed E-state index contributed by atoms with van der Waals surface area (Å²) in [5, 5.41) is 6.15. The van der Waals surface area contributed by atoms with Gasteiger partial charge in [-0.05, 0) is 39.3 Å². The number of H-pyrrole nitrogens is 1. The predicted octanol–water partition coefficient (Wildman–Crippen LogP) is 1.91. The van der Waals surface area contributed by atoms with Crippen LogP contribution < -0.4 is 10.6 Å². The molecule has 1 aromatic rings. The van der Waals surface area contributed by atoms with Gasteiger partial charge in [0.05, 0.1) is 0 Å². The molecular weight excluding hydrogens is 290 g/mol. The molecule has 3 N–H and O–H groups in total. The third-order valence-electron chi connectivity index (χ3n) is 3.65. The number of carbonyl (C=O) groups is 2. The van der Waals surface area contributed by atoms with Crippen molar-refractivity contribution in [1.29, 1.82) is 0 Å². The second-order valence-corrected chi connectivity index (χ2v) is 5.18. The van der Waals surface area contributed by atoms with Gasteiger partial charge in [-0.15, -0.1) is 12.4 Å². The number of halogens is 1. The highest BCUT2D eigenvalue weighted by Crippen LogP contribution is 2.18. The van der Waals surface area contributed by atoms with Gasteiger partial charge in [-0.1, -0.05) is 11.6 Å². The van der Waals surface area contributed by atoms with Crippen LogP contribution in [-0.4, -0.2) is 36.3 Å². The van der Waals surface area contributed by atoms with E-state index in [1.807, 2.05) is 6.92 Å². The summed E-state index contributed by atoms with van der Waals surface area (Å²) in [6, 6.07) is 0. The first kappa shape index (κ1) is 17.5. The van der Waals surface area contributed by atoms with Crippen molar-refractivity contribution < 1.29 is 9.59 Å². The predicted molar refractivity (Wildman–Crippen MR) is 85.4 cm³/mol. The normalized spacial score (nSPS) is 14.1. The largest absolute Gasteiger partial charge is 0.354 e. The number of Topliss-reactive ketones (excluding diaryl/α,β-unsaturated/α-hetero) is 1. The molecule has 1 aromatic heterocycles. The van der Waals surface area contributed by atoms with E-state index < -0.39 is 0 Å². The van der Waals surface area contributed by atoms with Crippen LogP contribution in [-0.2, 0) is 0 Å². The van der Waals surface area contributed by atoms with Crippen LogP contribution in [0.1, 0.15) is 45.4 Å². The first-order chi connectivity index (χ1) is 9.50. The van der Waals surface area contributed by atoms with Crippen molar-refractivity contribution in [1.82, 2.24) is 15.6 Å². The van der Waals surface area contributed by atoms with Crippen LogP contribution in [0, 0.1) is 13.8 Å². The first-order valence-electron chi connectivity index (χ1n) is 6.87. The summed E-state index contributed by atoms with van der Waals surface area (Å²) in [5.41, 5.74) is 3.83. The van der Waals surface area contributed by atoms with E-state index in [0.29, 0.717) is 17.8 Å². The molecule has 2 heterocycles. The van der Waals surface area contributed by atoms with E-state index in [1.54, 1.807) is 6.92 Å². The molecule has 21 heavy (non-hydrogen) atoms. The monoisotopic (exact) mass is 311 g/mol. The quantitative estimate of drug-likeness (QED) is 0.587. The Bertz CT molecular complexity index is 576. The lowest BCUT2D eigenvalue weighted by Gasteiger charge is -2.14. The maximum absolute atomic E-state index is 12.2. The van der Waals surface area contributed by atoms with Gasteiger partial charge in [0.25, 0.3) is 5.91 Å². The van der Waals surface area contributed by atoms with Gasteiger partial charge in [-0.25, -0.2) is 0 Å². The minimum atomic E-state index is -0.155. The number of hydrogen-bond acceptors (Lipinski definition) is 3. The molecule has 0 aliphatic carbocycles. The maximum Gasteiger partial charge on any atom is 0.268 e. The first-order valence-corrected chi connectivity index (χ1v) is 6.87. The molecule has 1 amide bonds. The minimum absolute atomic E-state index is 0.